The molecule has 2 aromatic rings. The number of thioether (sulfide) groups is 1. The Bertz CT molecular complexity index is 762. The molecule has 1 amide bonds. The van der Waals surface area contributed by atoms with Crippen LogP contribution in [0.25, 0.3) is 0 Å². The van der Waals surface area contributed by atoms with Crippen LogP contribution in [0.4, 0.5) is 5.69 Å². The second-order valence-corrected chi connectivity index (χ2v) is 8.64. The van der Waals surface area contributed by atoms with Gasteiger partial charge in [-0.1, -0.05) is 42.5 Å². The zero-order valence-electron chi connectivity index (χ0n) is 16.1. The van der Waals surface area contributed by atoms with Crippen molar-refractivity contribution in [3.8, 4) is 0 Å². The summed E-state index contributed by atoms with van der Waals surface area (Å²) in [6.45, 7) is 4.14. The standard InChI is InChI=1S/C22H28N4OS/c27-22(20-16-23-25-21(20)18-4-2-1-3-5-18)24-19-8-6-17(7-9-19)10-11-26-12-14-28-15-13-26/h1-9,20-21,23,25H,10-16H2,(H,24,27). The molecule has 2 fully saturated rings. The van der Waals surface area contributed by atoms with E-state index in [-0.39, 0.29) is 17.9 Å². The van der Waals surface area contributed by atoms with Crippen molar-refractivity contribution in [2.75, 3.05) is 43.0 Å². The van der Waals surface area contributed by atoms with Gasteiger partial charge in [0.05, 0.1) is 12.0 Å². The fraction of sp³-hybridized carbons (Fsp3) is 0.409. The normalized spacial score (nSPS) is 22.9. The number of hydrogen-bond acceptors (Lipinski definition) is 5. The van der Waals surface area contributed by atoms with Crippen molar-refractivity contribution in [3.63, 3.8) is 0 Å². The molecule has 6 heteroatoms. The van der Waals surface area contributed by atoms with Gasteiger partial charge in [0, 0.05) is 43.4 Å². The van der Waals surface area contributed by atoms with E-state index < -0.39 is 0 Å². The Balaban J connectivity index is 1.31. The quantitative estimate of drug-likeness (QED) is 0.701. The molecular formula is C22H28N4OS. The van der Waals surface area contributed by atoms with Crippen LogP contribution in [0.5, 0.6) is 0 Å². The second kappa shape index (κ2) is 9.56. The maximum atomic E-state index is 12.8. The lowest BCUT2D eigenvalue weighted by Gasteiger charge is -2.26. The summed E-state index contributed by atoms with van der Waals surface area (Å²) in [4.78, 5) is 15.4. The maximum absolute atomic E-state index is 12.8. The molecule has 5 nitrogen and oxygen atoms in total. The molecule has 2 aliphatic heterocycles. The molecular weight excluding hydrogens is 368 g/mol. The molecule has 0 saturated carbocycles. The van der Waals surface area contributed by atoms with Crippen LogP contribution in [-0.4, -0.2) is 48.5 Å². The zero-order valence-corrected chi connectivity index (χ0v) is 16.9. The number of nitrogens with zero attached hydrogens (tertiary/aromatic N) is 1. The van der Waals surface area contributed by atoms with Crippen LogP contribution in [0.1, 0.15) is 17.2 Å². The third-order valence-electron chi connectivity index (χ3n) is 5.52. The predicted octanol–water partition coefficient (Wildman–Crippen LogP) is 2.68. The van der Waals surface area contributed by atoms with Gasteiger partial charge >= 0.3 is 0 Å². The average molecular weight is 397 g/mol. The van der Waals surface area contributed by atoms with Crippen LogP contribution in [0.15, 0.2) is 54.6 Å². The highest BCUT2D eigenvalue weighted by Crippen LogP contribution is 2.26. The highest BCUT2D eigenvalue weighted by Gasteiger charge is 2.33. The molecule has 0 bridgehead atoms. The molecule has 2 saturated heterocycles. The first kappa shape index (κ1) is 19.5. The van der Waals surface area contributed by atoms with Crippen molar-refractivity contribution in [1.82, 2.24) is 15.8 Å². The van der Waals surface area contributed by atoms with Gasteiger partial charge in [0.1, 0.15) is 0 Å². The van der Waals surface area contributed by atoms with Gasteiger partial charge in [-0.3, -0.25) is 10.2 Å². The lowest BCUT2D eigenvalue weighted by molar-refractivity contribution is -0.119. The number of hydrazine groups is 1. The number of benzene rings is 2. The summed E-state index contributed by atoms with van der Waals surface area (Å²) < 4.78 is 0. The van der Waals surface area contributed by atoms with Gasteiger partial charge in [-0.25, -0.2) is 5.43 Å². The second-order valence-electron chi connectivity index (χ2n) is 7.41. The Hall–Kier alpha value is -1.86. The summed E-state index contributed by atoms with van der Waals surface area (Å²) in [5.74, 6) is 2.41. The SMILES string of the molecule is O=C(Nc1ccc(CCN2CCSCC2)cc1)C1CNNC1c1ccccc1. The Labute approximate surface area is 171 Å². The summed E-state index contributed by atoms with van der Waals surface area (Å²) in [5.41, 5.74) is 9.67. The minimum atomic E-state index is -0.140. The van der Waals surface area contributed by atoms with Crippen LogP contribution >= 0.6 is 11.8 Å². The van der Waals surface area contributed by atoms with Crippen LogP contribution in [0.3, 0.4) is 0 Å². The van der Waals surface area contributed by atoms with Crippen molar-refractivity contribution < 1.29 is 4.79 Å². The summed E-state index contributed by atoms with van der Waals surface area (Å²) in [6.07, 6.45) is 1.06. The minimum absolute atomic E-state index is 0.0109. The largest absolute Gasteiger partial charge is 0.326 e. The molecule has 0 aromatic heterocycles. The van der Waals surface area contributed by atoms with Crippen LogP contribution in [-0.2, 0) is 11.2 Å². The fourth-order valence-electron chi connectivity index (χ4n) is 3.82. The smallest absolute Gasteiger partial charge is 0.230 e. The first-order valence-corrected chi connectivity index (χ1v) is 11.2. The number of amides is 1. The molecule has 28 heavy (non-hydrogen) atoms. The van der Waals surface area contributed by atoms with Gasteiger partial charge in [0.25, 0.3) is 0 Å². The van der Waals surface area contributed by atoms with Gasteiger partial charge in [0.15, 0.2) is 0 Å². The van der Waals surface area contributed by atoms with Gasteiger partial charge in [-0.2, -0.15) is 11.8 Å². The summed E-state index contributed by atoms with van der Waals surface area (Å²) in [6, 6.07) is 18.4. The molecule has 2 aromatic carbocycles. The molecule has 0 radical (unpaired) electrons. The molecule has 148 valence electrons. The molecule has 3 N–H and O–H groups in total. The molecule has 2 heterocycles. The van der Waals surface area contributed by atoms with Gasteiger partial charge < -0.3 is 10.2 Å². The van der Waals surface area contributed by atoms with E-state index in [4.69, 9.17) is 0 Å². The topological polar surface area (TPSA) is 56.4 Å². The van der Waals surface area contributed by atoms with E-state index in [1.807, 2.05) is 42.1 Å². The van der Waals surface area contributed by atoms with Gasteiger partial charge in [-0.15, -0.1) is 0 Å². The Morgan fingerprint density at radius 3 is 2.57 bits per heavy atom. The molecule has 2 atom stereocenters. The van der Waals surface area contributed by atoms with Crippen LogP contribution in [0, 0.1) is 5.92 Å². The number of nitrogens with one attached hydrogen (secondary N) is 3. The first-order chi connectivity index (χ1) is 13.8. The summed E-state index contributed by atoms with van der Waals surface area (Å²) in [5, 5.41) is 3.08. The van der Waals surface area contributed by atoms with Gasteiger partial charge in [-0.05, 0) is 29.7 Å². The third kappa shape index (κ3) is 4.94. The Morgan fingerprint density at radius 2 is 1.82 bits per heavy atom. The molecule has 0 spiro atoms. The fourth-order valence-corrected chi connectivity index (χ4v) is 4.80. The van der Waals surface area contributed by atoms with E-state index in [1.165, 1.54) is 30.2 Å². The van der Waals surface area contributed by atoms with E-state index in [0.29, 0.717) is 6.54 Å². The maximum Gasteiger partial charge on any atom is 0.230 e. The highest BCUT2D eigenvalue weighted by molar-refractivity contribution is 7.99. The lowest BCUT2D eigenvalue weighted by atomic mass is 9.94. The van der Waals surface area contributed by atoms with Crippen LogP contribution < -0.4 is 16.2 Å². The predicted molar refractivity (Wildman–Crippen MR) is 116 cm³/mol. The van der Waals surface area contributed by atoms with Crippen molar-refractivity contribution in [2.24, 2.45) is 5.92 Å². The van der Waals surface area contributed by atoms with Crippen molar-refractivity contribution in [1.29, 1.82) is 0 Å². The molecule has 2 unspecified atom stereocenters. The lowest BCUT2D eigenvalue weighted by Crippen LogP contribution is -2.34. The third-order valence-corrected chi connectivity index (χ3v) is 6.46. The monoisotopic (exact) mass is 396 g/mol. The summed E-state index contributed by atoms with van der Waals surface area (Å²) >= 11 is 2.05. The van der Waals surface area contributed by atoms with E-state index in [0.717, 1.165) is 24.2 Å². The minimum Gasteiger partial charge on any atom is -0.326 e. The van der Waals surface area contributed by atoms with Gasteiger partial charge in [0.2, 0.25) is 5.91 Å². The zero-order chi connectivity index (χ0) is 19.2. The summed E-state index contributed by atoms with van der Waals surface area (Å²) in [7, 11) is 0. The number of anilines is 1. The Kier molecular flexibility index (Phi) is 6.65. The number of hydrogen-bond donors (Lipinski definition) is 3. The highest BCUT2D eigenvalue weighted by atomic mass is 32.2. The number of rotatable bonds is 6. The average Bonchev–Trinajstić information content (AvgIpc) is 3.25. The first-order valence-electron chi connectivity index (χ1n) is 10.0. The van der Waals surface area contributed by atoms with E-state index in [1.54, 1.807) is 0 Å². The van der Waals surface area contributed by atoms with Crippen molar-refractivity contribution >= 4 is 23.4 Å². The Morgan fingerprint density at radius 1 is 1.07 bits per heavy atom. The number of carbonyl (C=O) groups is 1. The van der Waals surface area contributed by atoms with E-state index in [9.17, 15) is 4.79 Å². The van der Waals surface area contributed by atoms with Crippen molar-refractivity contribution in [3.05, 3.63) is 65.7 Å². The molecule has 0 aliphatic carbocycles. The number of carbonyl (C=O) groups excluding carboxylic acids is 1. The van der Waals surface area contributed by atoms with Crippen molar-refractivity contribution in [2.45, 2.75) is 12.5 Å². The molecule has 2 aliphatic rings. The van der Waals surface area contributed by atoms with E-state index in [2.05, 4.69) is 45.3 Å². The van der Waals surface area contributed by atoms with Crippen LogP contribution in [0.2, 0.25) is 0 Å². The molecule has 4 rings (SSSR count). The van der Waals surface area contributed by atoms with E-state index >= 15 is 0 Å².